The zero-order valence-corrected chi connectivity index (χ0v) is 13.4. The van der Waals surface area contributed by atoms with Crippen LogP contribution < -0.4 is 5.56 Å². The Kier molecular flexibility index (Phi) is 4.31. The van der Waals surface area contributed by atoms with Crippen LogP contribution in [0.5, 0.6) is 0 Å². The molecule has 8 heteroatoms. The first-order valence-corrected chi connectivity index (χ1v) is 7.96. The lowest BCUT2D eigenvalue weighted by molar-refractivity contribution is -0.137. The fourth-order valence-corrected chi connectivity index (χ4v) is 2.84. The number of aryl methyl sites for hydroxylation is 1. The number of hydrogen-bond acceptors (Lipinski definition) is 4. The highest BCUT2D eigenvalue weighted by Crippen LogP contribution is 2.30. The minimum Gasteiger partial charge on any atom is -0.269 e. The van der Waals surface area contributed by atoms with Crippen LogP contribution in [0.3, 0.4) is 0 Å². The number of nitrogens with zero attached hydrogens (tertiary/aromatic N) is 3. The van der Waals surface area contributed by atoms with Gasteiger partial charge < -0.3 is 0 Å². The third kappa shape index (κ3) is 3.59. The molecule has 0 bridgehead atoms. The molecular formula is C16H12F3N3OS. The van der Waals surface area contributed by atoms with E-state index in [1.807, 2.05) is 13.0 Å². The largest absolute Gasteiger partial charge is 0.417 e. The summed E-state index contributed by atoms with van der Waals surface area (Å²) in [6, 6.07) is 7.33. The van der Waals surface area contributed by atoms with Gasteiger partial charge >= 0.3 is 6.18 Å². The molecule has 0 spiro atoms. The van der Waals surface area contributed by atoms with Gasteiger partial charge in [-0.2, -0.15) is 13.2 Å². The quantitative estimate of drug-likeness (QED) is 0.675. The fourth-order valence-electron chi connectivity index (χ4n) is 2.11. The average Bonchev–Trinajstić information content (AvgIpc) is 2.52. The van der Waals surface area contributed by atoms with E-state index in [9.17, 15) is 18.0 Å². The lowest BCUT2D eigenvalue weighted by Crippen LogP contribution is -2.15. The predicted molar refractivity (Wildman–Crippen MR) is 85.0 cm³/mol. The maximum absolute atomic E-state index is 12.5. The highest BCUT2D eigenvalue weighted by molar-refractivity contribution is 7.98. The maximum Gasteiger partial charge on any atom is 0.417 e. The van der Waals surface area contributed by atoms with Crippen LogP contribution in [-0.4, -0.2) is 14.4 Å². The van der Waals surface area contributed by atoms with E-state index in [4.69, 9.17) is 0 Å². The summed E-state index contributed by atoms with van der Waals surface area (Å²) in [5.74, 6) is 0.345. The lowest BCUT2D eigenvalue weighted by atomic mass is 10.3. The number of hydrogen-bond donors (Lipinski definition) is 0. The molecule has 0 saturated carbocycles. The highest BCUT2D eigenvalue weighted by Gasteiger charge is 2.30. The van der Waals surface area contributed by atoms with Crippen LogP contribution in [0.15, 0.2) is 52.5 Å². The van der Waals surface area contributed by atoms with Crippen LogP contribution in [0.1, 0.15) is 16.8 Å². The van der Waals surface area contributed by atoms with E-state index in [1.54, 1.807) is 12.3 Å². The molecule has 0 radical (unpaired) electrons. The predicted octanol–water partition coefficient (Wildman–Crippen LogP) is 3.71. The monoisotopic (exact) mass is 351 g/mol. The summed E-state index contributed by atoms with van der Waals surface area (Å²) in [6.45, 7) is 1.90. The minimum atomic E-state index is -4.40. The second-order valence-electron chi connectivity index (χ2n) is 5.19. The van der Waals surface area contributed by atoms with E-state index in [0.29, 0.717) is 22.1 Å². The van der Waals surface area contributed by atoms with Gasteiger partial charge in [-0.25, -0.2) is 9.97 Å². The van der Waals surface area contributed by atoms with Crippen LogP contribution >= 0.6 is 11.8 Å². The van der Waals surface area contributed by atoms with Gasteiger partial charge in [0, 0.05) is 24.2 Å². The van der Waals surface area contributed by atoms with Gasteiger partial charge in [-0.3, -0.25) is 9.20 Å². The Hall–Kier alpha value is -2.35. The Morgan fingerprint density at radius 1 is 1.21 bits per heavy atom. The molecule has 0 aromatic carbocycles. The first-order valence-electron chi connectivity index (χ1n) is 6.98. The average molecular weight is 351 g/mol. The van der Waals surface area contributed by atoms with Gasteiger partial charge in [0.1, 0.15) is 5.65 Å². The highest BCUT2D eigenvalue weighted by atomic mass is 32.2. The van der Waals surface area contributed by atoms with Crippen molar-refractivity contribution in [2.24, 2.45) is 0 Å². The summed E-state index contributed by atoms with van der Waals surface area (Å²) in [7, 11) is 0. The first-order chi connectivity index (χ1) is 11.3. The fraction of sp³-hybridized carbons (Fsp3) is 0.188. The van der Waals surface area contributed by atoms with E-state index >= 15 is 0 Å². The second kappa shape index (κ2) is 6.27. The standard InChI is InChI=1S/C16H12F3N3OS/c1-10-4-5-22-13(6-10)21-12(7-15(22)23)9-24-14-3-2-11(8-20-14)16(17,18)19/h2-8H,9H2,1H3. The van der Waals surface area contributed by atoms with Crippen molar-refractivity contribution in [3.8, 4) is 0 Å². The Morgan fingerprint density at radius 3 is 2.67 bits per heavy atom. The van der Waals surface area contributed by atoms with Crippen LogP contribution in [0.4, 0.5) is 13.2 Å². The van der Waals surface area contributed by atoms with Crippen molar-refractivity contribution in [2.45, 2.75) is 23.9 Å². The second-order valence-corrected chi connectivity index (χ2v) is 6.19. The molecule has 0 N–H and O–H groups in total. The molecule has 3 aromatic rings. The van der Waals surface area contributed by atoms with Gasteiger partial charge in [0.25, 0.3) is 5.56 Å². The van der Waals surface area contributed by atoms with E-state index in [2.05, 4.69) is 9.97 Å². The lowest BCUT2D eigenvalue weighted by Gasteiger charge is -2.07. The smallest absolute Gasteiger partial charge is 0.269 e. The molecule has 3 aromatic heterocycles. The Balaban J connectivity index is 1.79. The van der Waals surface area contributed by atoms with E-state index in [1.165, 1.54) is 28.3 Å². The Morgan fingerprint density at radius 2 is 2.00 bits per heavy atom. The van der Waals surface area contributed by atoms with Gasteiger partial charge in [-0.05, 0) is 36.8 Å². The third-order valence-corrected chi connectivity index (χ3v) is 4.28. The number of aromatic nitrogens is 3. The summed E-state index contributed by atoms with van der Waals surface area (Å²) in [4.78, 5) is 20.2. The molecule has 0 aliphatic rings. The molecule has 0 amide bonds. The van der Waals surface area contributed by atoms with Gasteiger partial charge in [-0.1, -0.05) is 0 Å². The normalized spacial score (nSPS) is 11.8. The SMILES string of the molecule is Cc1ccn2c(=O)cc(CSc3ccc(C(F)(F)F)cn3)nc2c1. The van der Waals surface area contributed by atoms with Crippen molar-refractivity contribution in [3.05, 3.63) is 69.9 Å². The van der Waals surface area contributed by atoms with Gasteiger partial charge in [0.2, 0.25) is 0 Å². The summed E-state index contributed by atoms with van der Waals surface area (Å²) in [5, 5.41) is 0.439. The molecule has 3 heterocycles. The minimum absolute atomic E-state index is 0.198. The molecule has 24 heavy (non-hydrogen) atoms. The first kappa shape index (κ1) is 16.5. The van der Waals surface area contributed by atoms with Crippen molar-refractivity contribution >= 4 is 17.4 Å². The molecule has 0 atom stereocenters. The molecule has 4 nitrogen and oxygen atoms in total. The van der Waals surface area contributed by atoms with Crippen LogP contribution in [0.25, 0.3) is 5.65 Å². The number of fused-ring (bicyclic) bond motifs is 1. The number of rotatable bonds is 3. The Labute approximate surface area is 139 Å². The van der Waals surface area contributed by atoms with Gasteiger partial charge in [0.15, 0.2) is 0 Å². The zero-order chi connectivity index (χ0) is 17.3. The molecule has 124 valence electrons. The zero-order valence-electron chi connectivity index (χ0n) is 12.5. The molecule has 0 fully saturated rings. The van der Waals surface area contributed by atoms with Gasteiger partial charge in [-0.15, -0.1) is 11.8 Å². The van der Waals surface area contributed by atoms with Crippen molar-refractivity contribution in [2.75, 3.05) is 0 Å². The Bertz CT molecular complexity index is 936. The molecule has 3 rings (SSSR count). The topological polar surface area (TPSA) is 47.3 Å². The molecule has 0 unspecified atom stereocenters. The molecule has 0 aliphatic heterocycles. The summed E-state index contributed by atoms with van der Waals surface area (Å²) >= 11 is 1.23. The number of halogens is 3. The van der Waals surface area contributed by atoms with Crippen LogP contribution in [-0.2, 0) is 11.9 Å². The summed E-state index contributed by atoms with van der Waals surface area (Å²) in [5.41, 5.74) is 1.09. The van der Waals surface area contributed by atoms with Crippen LogP contribution in [0.2, 0.25) is 0 Å². The van der Waals surface area contributed by atoms with E-state index in [-0.39, 0.29) is 5.56 Å². The molecular weight excluding hydrogens is 339 g/mol. The van der Waals surface area contributed by atoms with Crippen LogP contribution in [0, 0.1) is 6.92 Å². The number of thioether (sulfide) groups is 1. The number of pyridine rings is 2. The molecule has 0 saturated heterocycles. The van der Waals surface area contributed by atoms with Crippen molar-refractivity contribution < 1.29 is 13.2 Å². The summed E-state index contributed by atoms with van der Waals surface area (Å²) < 4.78 is 38.9. The summed E-state index contributed by atoms with van der Waals surface area (Å²) in [6.07, 6.45) is -1.94. The van der Waals surface area contributed by atoms with Gasteiger partial charge in [0.05, 0.1) is 16.3 Å². The van der Waals surface area contributed by atoms with Crippen molar-refractivity contribution in [1.29, 1.82) is 0 Å². The maximum atomic E-state index is 12.5. The van der Waals surface area contributed by atoms with Crippen molar-refractivity contribution in [3.63, 3.8) is 0 Å². The number of alkyl halides is 3. The molecule has 0 aliphatic carbocycles. The van der Waals surface area contributed by atoms with Crippen molar-refractivity contribution in [1.82, 2.24) is 14.4 Å². The van der Waals surface area contributed by atoms with E-state index < -0.39 is 11.7 Å². The van der Waals surface area contributed by atoms with E-state index in [0.717, 1.165) is 17.8 Å². The third-order valence-electron chi connectivity index (χ3n) is 3.31.